The molecule has 0 atom stereocenters. The van der Waals surface area contributed by atoms with Crippen molar-refractivity contribution in [3.05, 3.63) is 17.2 Å². The third-order valence-corrected chi connectivity index (χ3v) is 1.31. The van der Waals surface area contributed by atoms with Gasteiger partial charge in [0.25, 0.3) is 0 Å². The van der Waals surface area contributed by atoms with Crippen LogP contribution in [-0.2, 0) is 0 Å². The maximum absolute atomic E-state index is 5.50. The lowest BCUT2D eigenvalue weighted by Gasteiger charge is -2.00. The van der Waals surface area contributed by atoms with Crippen LogP contribution in [0.1, 0.15) is 19.5 Å². The van der Waals surface area contributed by atoms with Gasteiger partial charge in [0.2, 0.25) is 5.28 Å². The van der Waals surface area contributed by atoms with Crippen molar-refractivity contribution >= 4 is 11.6 Å². The molecule has 0 aliphatic rings. The first-order valence-electron chi connectivity index (χ1n) is 3.77. The third-order valence-electron chi connectivity index (χ3n) is 1.12. The monoisotopic (exact) mass is 188 g/mol. The van der Waals surface area contributed by atoms with Crippen LogP contribution in [0.2, 0.25) is 5.28 Å². The predicted octanol–water partition coefficient (Wildman–Crippen LogP) is 2.47. The second kappa shape index (κ2) is 5.77. The van der Waals surface area contributed by atoms with E-state index in [0.29, 0.717) is 5.75 Å². The van der Waals surface area contributed by atoms with E-state index in [2.05, 4.69) is 9.97 Å². The molecule has 0 aromatic carbocycles. The van der Waals surface area contributed by atoms with Gasteiger partial charge in [-0.15, -0.1) is 0 Å². The summed E-state index contributed by atoms with van der Waals surface area (Å²) in [5.41, 5.74) is 0.752. The van der Waals surface area contributed by atoms with Crippen molar-refractivity contribution in [1.82, 2.24) is 9.97 Å². The van der Waals surface area contributed by atoms with Gasteiger partial charge in [0.1, 0.15) is 0 Å². The molecule has 0 saturated heterocycles. The zero-order valence-corrected chi connectivity index (χ0v) is 8.51. The number of halogens is 1. The summed E-state index contributed by atoms with van der Waals surface area (Å²) in [5, 5.41) is 0.248. The minimum Gasteiger partial charge on any atom is -0.493 e. The van der Waals surface area contributed by atoms with Gasteiger partial charge in [-0.1, -0.05) is 13.8 Å². The van der Waals surface area contributed by atoms with E-state index in [4.69, 9.17) is 16.3 Å². The topological polar surface area (TPSA) is 35.0 Å². The third kappa shape index (κ3) is 3.05. The molecule has 1 aromatic heterocycles. The maximum atomic E-state index is 5.50. The first kappa shape index (κ1) is 11.2. The second-order valence-electron chi connectivity index (χ2n) is 1.79. The number of hydrogen-bond donors (Lipinski definition) is 0. The molecular weight excluding hydrogens is 176 g/mol. The van der Waals surface area contributed by atoms with E-state index in [9.17, 15) is 0 Å². The highest BCUT2D eigenvalue weighted by atomic mass is 35.5. The van der Waals surface area contributed by atoms with Crippen LogP contribution in [0.3, 0.4) is 0 Å². The number of aryl methyl sites for hydroxylation is 1. The van der Waals surface area contributed by atoms with Gasteiger partial charge in [-0.3, -0.25) is 0 Å². The van der Waals surface area contributed by atoms with Gasteiger partial charge < -0.3 is 4.74 Å². The molecule has 3 nitrogen and oxygen atoms in total. The lowest BCUT2D eigenvalue weighted by Crippen LogP contribution is -1.92. The normalized spacial score (nSPS) is 8.42. The summed E-state index contributed by atoms with van der Waals surface area (Å²) in [6, 6.07) is 0. The Morgan fingerprint density at radius 1 is 1.42 bits per heavy atom. The van der Waals surface area contributed by atoms with Crippen LogP contribution < -0.4 is 4.74 Å². The SMILES string of the molecule is CC.COc1cnc(Cl)nc1C. The summed E-state index contributed by atoms with van der Waals surface area (Å²) in [5.74, 6) is 0.657. The second-order valence-corrected chi connectivity index (χ2v) is 2.13. The fraction of sp³-hybridized carbons (Fsp3) is 0.500. The highest BCUT2D eigenvalue weighted by Gasteiger charge is 1.99. The molecule has 0 bridgehead atoms. The molecule has 0 aliphatic heterocycles. The Morgan fingerprint density at radius 2 is 2.00 bits per heavy atom. The van der Waals surface area contributed by atoms with Gasteiger partial charge in [0, 0.05) is 0 Å². The van der Waals surface area contributed by atoms with Crippen LogP contribution >= 0.6 is 11.6 Å². The summed E-state index contributed by atoms with van der Waals surface area (Å²) < 4.78 is 4.92. The average Bonchev–Trinajstić information content (AvgIpc) is 2.08. The van der Waals surface area contributed by atoms with Crippen molar-refractivity contribution in [2.45, 2.75) is 20.8 Å². The Kier molecular flexibility index (Phi) is 5.37. The first-order chi connectivity index (χ1) is 5.74. The van der Waals surface area contributed by atoms with Crippen LogP contribution in [0.5, 0.6) is 5.75 Å². The zero-order valence-electron chi connectivity index (χ0n) is 7.76. The molecule has 1 rings (SSSR count). The molecule has 12 heavy (non-hydrogen) atoms. The number of hydrogen-bond acceptors (Lipinski definition) is 3. The highest BCUT2D eigenvalue weighted by molar-refractivity contribution is 6.28. The van der Waals surface area contributed by atoms with Crippen molar-refractivity contribution in [2.75, 3.05) is 7.11 Å². The lowest BCUT2D eigenvalue weighted by molar-refractivity contribution is 0.407. The van der Waals surface area contributed by atoms with Crippen LogP contribution in [0.15, 0.2) is 6.20 Å². The molecule has 0 radical (unpaired) electrons. The fourth-order valence-corrected chi connectivity index (χ4v) is 0.804. The lowest BCUT2D eigenvalue weighted by atomic mass is 10.4. The summed E-state index contributed by atoms with van der Waals surface area (Å²) >= 11 is 5.50. The van der Waals surface area contributed by atoms with Gasteiger partial charge in [0.15, 0.2) is 5.75 Å². The Bertz CT molecular complexity index is 240. The molecular formula is C8H13ClN2O. The van der Waals surface area contributed by atoms with E-state index in [1.807, 2.05) is 20.8 Å². The molecule has 1 aromatic rings. The quantitative estimate of drug-likeness (QED) is 0.636. The standard InChI is InChI=1S/C6H7ClN2O.C2H6/c1-4-5(10-2)3-8-6(7)9-4;1-2/h3H,1-2H3;1-2H3. The molecule has 0 amide bonds. The minimum absolute atomic E-state index is 0.248. The smallest absolute Gasteiger partial charge is 0.222 e. The number of aromatic nitrogens is 2. The zero-order chi connectivity index (χ0) is 9.56. The first-order valence-corrected chi connectivity index (χ1v) is 4.15. The van der Waals surface area contributed by atoms with Gasteiger partial charge in [-0.05, 0) is 18.5 Å². The Hall–Kier alpha value is -0.830. The van der Waals surface area contributed by atoms with Crippen LogP contribution in [-0.4, -0.2) is 17.1 Å². The van der Waals surface area contributed by atoms with E-state index >= 15 is 0 Å². The van der Waals surface area contributed by atoms with Gasteiger partial charge >= 0.3 is 0 Å². The molecule has 0 N–H and O–H groups in total. The fourth-order valence-electron chi connectivity index (χ4n) is 0.628. The minimum atomic E-state index is 0.248. The number of methoxy groups -OCH3 is 1. The van der Waals surface area contributed by atoms with Crippen molar-refractivity contribution in [3.8, 4) is 5.75 Å². The van der Waals surface area contributed by atoms with E-state index in [0.717, 1.165) is 5.69 Å². The summed E-state index contributed by atoms with van der Waals surface area (Å²) in [4.78, 5) is 7.61. The number of nitrogens with zero attached hydrogens (tertiary/aromatic N) is 2. The Morgan fingerprint density at radius 3 is 2.42 bits per heavy atom. The molecule has 0 fully saturated rings. The van der Waals surface area contributed by atoms with E-state index in [1.54, 1.807) is 13.3 Å². The van der Waals surface area contributed by atoms with Crippen molar-refractivity contribution in [1.29, 1.82) is 0 Å². The molecule has 0 spiro atoms. The van der Waals surface area contributed by atoms with E-state index in [1.165, 1.54) is 0 Å². The Labute approximate surface area is 77.8 Å². The van der Waals surface area contributed by atoms with Crippen LogP contribution in [0.4, 0.5) is 0 Å². The largest absolute Gasteiger partial charge is 0.493 e. The molecule has 68 valence electrons. The summed E-state index contributed by atoms with van der Waals surface area (Å²) in [6.45, 7) is 5.81. The van der Waals surface area contributed by atoms with E-state index < -0.39 is 0 Å². The van der Waals surface area contributed by atoms with Crippen molar-refractivity contribution in [2.24, 2.45) is 0 Å². The highest BCUT2D eigenvalue weighted by Crippen LogP contribution is 2.13. The molecule has 0 saturated carbocycles. The van der Waals surface area contributed by atoms with Crippen molar-refractivity contribution < 1.29 is 4.74 Å². The van der Waals surface area contributed by atoms with Gasteiger partial charge in [-0.2, -0.15) is 0 Å². The maximum Gasteiger partial charge on any atom is 0.222 e. The molecule has 1 heterocycles. The average molecular weight is 189 g/mol. The molecule has 0 aliphatic carbocycles. The van der Waals surface area contributed by atoms with Crippen LogP contribution in [0.25, 0.3) is 0 Å². The Balaban J connectivity index is 0.000000561. The summed E-state index contributed by atoms with van der Waals surface area (Å²) in [6.07, 6.45) is 1.55. The van der Waals surface area contributed by atoms with Gasteiger partial charge in [-0.25, -0.2) is 9.97 Å². The molecule has 4 heteroatoms. The number of ether oxygens (including phenoxy) is 1. The van der Waals surface area contributed by atoms with Crippen molar-refractivity contribution in [3.63, 3.8) is 0 Å². The molecule has 0 unspecified atom stereocenters. The van der Waals surface area contributed by atoms with E-state index in [-0.39, 0.29) is 5.28 Å². The predicted molar refractivity (Wildman–Crippen MR) is 49.7 cm³/mol. The van der Waals surface area contributed by atoms with Gasteiger partial charge in [0.05, 0.1) is 19.0 Å². The van der Waals surface area contributed by atoms with Crippen LogP contribution in [0, 0.1) is 6.92 Å². The summed E-state index contributed by atoms with van der Waals surface area (Å²) in [7, 11) is 1.57. The number of rotatable bonds is 1.